The van der Waals surface area contributed by atoms with Crippen LogP contribution in [0.15, 0.2) is 67.0 Å². The van der Waals surface area contributed by atoms with E-state index in [-0.39, 0.29) is 12.4 Å². The van der Waals surface area contributed by atoms with Gasteiger partial charge in [-0.3, -0.25) is 4.98 Å². The smallest absolute Gasteiger partial charge is 0.161 e. The predicted octanol–water partition coefficient (Wildman–Crippen LogP) is 5.84. The van der Waals surface area contributed by atoms with Gasteiger partial charge in [-0.15, -0.1) is 12.4 Å². The maximum absolute atomic E-state index is 5.50. The Bertz CT molecular complexity index is 1200. The molecule has 1 aliphatic rings. The molecule has 0 unspecified atom stereocenters. The predicted molar refractivity (Wildman–Crippen MR) is 120 cm³/mol. The van der Waals surface area contributed by atoms with E-state index in [9.17, 15) is 0 Å². The fraction of sp³-hybridized carbons (Fsp3) is 0.160. The number of nitrogens with zero attached hydrogens (tertiary/aromatic N) is 1. The minimum Gasteiger partial charge on any atom is -0.493 e. The van der Waals surface area contributed by atoms with Crippen molar-refractivity contribution in [3.8, 4) is 22.6 Å². The maximum atomic E-state index is 5.50. The Morgan fingerprint density at radius 3 is 2.41 bits per heavy atom. The molecule has 1 heterocycles. The lowest BCUT2D eigenvalue weighted by Crippen LogP contribution is -1.95. The molecule has 0 atom stereocenters. The van der Waals surface area contributed by atoms with Crippen molar-refractivity contribution in [2.45, 2.75) is 12.8 Å². The van der Waals surface area contributed by atoms with E-state index in [1.807, 2.05) is 24.5 Å². The molecule has 4 heteroatoms. The van der Waals surface area contributed by atoms with Crippen molar-refractivity contribution in [1.82, 2.24) is 4.98 Å². The molecule has 0 fully saturated rings. The van der Waals surface area contributed by atoms with Gasteiger partial charge in [0.15, 0.2) is 11.5 Å². The van der Waals surface area contributed by atoms with Crippen molar-refractivity contribution in [2.24, 2.45) is 0 Å². The van der Waals surface area contributed by atoms with Crippen LogP contribution in [0.3, 0.4) is 0 Å². The Morgan fingerprint density at radius 2 is 1.59 bits per heavy atom. The molecule has 0 radical (unpaired) electrons. The average Bonchev–Trinajstić information content (AvgIpc) is 3.10. The van der Waals surface area contributed by atoms with E-state index in [0.29, 0.717) is 0 Å². The van der Waals surface area contributed by atoms with E-state index in [0.717, 1.165) is 35.1 Å². The molecule has 0 bridgehead atoms. The summed E-state index contributed by atoms with van der Waals surface area (Å²) in [5, 5.41) is 2.21. The highest BCUT2D eigenvalue weighted by molar-refractivity contribution is 5.88. The van der Waals surface area contributed by atoms with Gasteiger partial charge >= 0.3 is 0 Å². The molecule has 5 rings (SSSR count). The van der Waals surface area contributed by atoms with Crippen molar-refractivity contribution < 1.29 is 9.47 Å². The Hall–Kier alpha value is -3.04. The lowest BCUT2D eigenvalue weighted by molar-refractivity contribution is 0.356. The zero-order chi connectivity index (χ0) is 19.1. The molecular weight excluding hydrogens is 382 g/mol. The summed E-state index contributed by atoms with van der Waals surface area (Å²) >= 11 is 0. The normalized spacial score (nSPS) is 11.5. The Balaban J connectivity index is 0.00000205. The number of rotatable bonds is 4. The van der Waals surface area contributed by atoms with E-state index in [1.54, 1.807) is 14.2 Å². The topological polar surface area (TPSA) is 31.4 Å². The summed E-state index contributed by atoms with van der Waals surface area (Å²) in [6.45, 7) is 0. The highest BCUT2D eigenvalue weighted by Crippen LogP contribution is 2.38. The highest BCUT2D eigenvalue weighted by atomic mass is 35.5. The van der Waals surface area contributed by atoms with Crippen LogP contribution in [0.4, 0.5) is 0 Å². The lowest BCUT2D eigenvalue weighted by atomic mass is 9.97. The third-order valence-corrected chi connectivity index (χ3v) is 5.60. The van der Waals surface area contributed by atoms with Gasteiger partial charge in [-0.1, -0.05) is 42.5 Å². The number of aromatic nitrogens is 1. The number of hydrogen-bond acceptors (Lipinski definition) is 3. The van der Waals surface area contributed by atoms with Gasteiger partial charge < -0.3 is 9.47 Å². The monoisotopic (exact) mass is 403 g/mol. The van der Waals surface area contributed by atoms with Crippen molar-refractivity contribution in [3.63, 3.8) is 0 Å². The van der Waals surface area contributed by atoms with Crippen molar-refractivity contribution in [2.75, 3.05) is 14.2 Å². The molecule has 1 aromatic heterocycles. The van der Waals surface area contributed by atoms with Gasteiger partial charge in [-0.05, 0) is 63.7 Å². The van der Waals surface area contributed by atoms with Crippen molar-refractivity contribution in [3.05, 3.63) is 89.2 Å². The van der Waals surface area contributed by atoms with Gasteiger partial charge in [-0.2, -0.15) is 0 Å². The molecule has 3 aromatic carbocycles. The van der Waals surface area contributed by atoms with Crippen LogP contribution in [0.1, 0.15) is 22.3 Å². The van der Waals surface area contributed by atoms with Crippen LogP contribution in [0.2, 0.25) is 0 Å². The first kappa shape index (κ1) is 19.3. The molecule has 0 saturated carbocycles. The number of ether oxygens (including phenoxy) is 2. The minimum atomic E-state index is 0. The number of hydrogen-bond donors (Lipinski definition) is 0. The van der Waals surface area contributed by atoms with Gasteiger partial charge in [0.1, 0.15) is 0 Å². The fourth-order valence-electron chi connectivity index (χ4n) is 4.23. The molecule has 3 nitrogen and oxygen atoms in total. The van der Waals surface area contributed by atoms with Crippen LogP contribution in [-0.2, 0) is 12.8 Å². The molecule has 0 N–H and O–H groups in total. The van der Waals surface area contributed by atoms with E-state index in [4.69, 9.17) is 9.47 Å². The van der Waals surface area contributed by atoms with Gasteiger partial charge in [0.2, 0.25) is 0 Å². The highest BCUT2D eigenvalue weighted by Gasteiger charge is 2.18. The first-order chi connectivity index (χ1) is 13.8. The number of methoxy groups -OCH3 is 2. The zero-order valence-electron chi connectivity index (χ0n) is 16.4. The third-order valence-electron chi connectivity index (χ3n) is 5.60. The number of halogens is 1. The Kier molecular flexibility index (Phi) is 5.16. The van der Waals surface area contributed by atoms with E-state index >= 15 is 0 Å². The second kappa shape index (κ2) is 7.76. The average molecular weight is 404 g/mol. The standard InChI is InChI=1S/C25H21NO2.ClH/c1-27-24-12-20-15-26-14-19(23(20)13-25(24)28-2)10-16-7-8-22-18(9-16)11-17-5-3-4-6-21(17)22;/h3-9,12-15H,10-11H2,1-2H3;1H. The second-order valence-corrected chi connectivity index (χ2v) is 7.23. The molecular formula is C25H22ClNO2. The molecule has 1 aliphatic carbocycles. The fourth-order valence-corrected chi connectivity index (χ4v) is 4.23. The van der Waals surface area contributed by atoms with Gasteiger partial charge in [0.05, 0.1) is 14.2 Å². The molecule has 4 aromatic rings. The summed E-state index contributed by atoms with van der Waals surface area (Å²) in [5.74, 6) is 1.47. The molecule has 29 heavy (non-hydrogen) atoms. The Labute approximate surface area is 176 Å². The molecule has 146 valence electrons. The second-order valence-electron chi connectivity index (χ2n) is 7.23. The molecule has 0 aliphatic heterocycles. The van der Waals surface area contributed by atoms with Crippen molar-refractivity contribution >= 4 is 23.2 Å². The van der Waals surface area contributed by atoms with Gasteiger partial charge in [-0.25, -0.2) is 0 Å². The largest absolute Gasteiger partial charge is 0.493 e. The number of benzene rings is 3. The van der Waals surface area contributed by atoms with E-state index in [2.05, 4.69) is 47.4 Å². The van der Waals surface area contributed by atoms with Crippen LogP contribution in [-0.4, -0.2) is 19.2 Å². The molecule has 0 spiro atoms. The summed E-state index contributed by atoms with van der Waals surface area (Å²) in [6, 6.07) is 19.6. The number of pyridine rings is 1. The Morgan fingerprint density at radius 1 is 0.828 bits per heavy atom. The van der Waals surface area contributed by atoms with E-state index < -0.39 is 0 Å². The van der Waals surface area contributed by atoms with Gasteiger partial charge in [0.25, 0.3) is 0 Å². The van der Waals surface area contributed by atoms with Crippen molar-refractivity contribution in [1.29, 1.82) is 0 Å². The molecule has 0 saturated heterocycles. The van der Waals surface area contributed by atoms with Crippen LogP contribution in [0.25, 0.3) is 21.9 Å². The summed E-state index contributed by atoms with van der Waals surface area (Å²) in [6.07, 6.45) is 5.68. The van der Waals surface area contributed by atoms with Crippen LogP contribution < -0.4 is 9.47 Å². The summed E-state index contributed by atoms with van der Waals surface area (Å²) < 4.78 is 10.9. The van der Waals surface area contributed by atoms with E-state index in [1.165, 1.54) is 33.4 Å². The van der Waals surface area contributed by atoms with Gasteiger partial charge in [0, 0.05) is 17.8 Å². The van der Waals surface area contributed by atoms with Crippen LogP contribution in [0, 0.1) is 0 Å². The number of fused-ring (bicyclic) bond motifs is 4. The van der Waals surface area contributed by atoms with Crippen LogP contribution in [0.5, 0.6) is 11.5 Å². The minimum absolute atomic E-state index is 0. The summed E-state index contributed by atoms with van der Waals surface area (Å²) in [4.78, 5) is 4.45. The first-order valence-corrected chi connectivity index (χ1v) is 9.45. The third kappa shape index (κ3) is 3.32. The quantitative estimate of drug-likeness (QED) is 0.378. The maximum Gasteiger partial charge on any atom is 0.161 e. The summed E-state index contributed by atoms with van der Waals surface area (Å²) in [7, 11) is 3.33. The zero-order valence-corrected chi connectivity index (χ0v) is 17.3. The SMILES string of the molecule is COc1cc2cncc(Cc3ccc4c(c3)Cc3ccccc3-4)c2cc1OC.Cl. The first-order valence-electron chi connectivity index (χ1n) is 9.45. The lowest BCUT2D eigenvalue weighted by Gasteiger charge is -2.12. The van der Waals surface area contributed by atoms with Crippen LogP contribution >= 0.6 is 12.4 Å². The summed E-state index contributed by atoms with van der Waals surface area (Å²) in [5.41, 5.74) is 8.04. The molecule has 0 amide bonds.